The third-order valence-electron chi connectivity index (χ3n) is 1.20. The molecule has 0 saturated carbocycles. The normalized spacial score (nSPS) is 13.6. The van der Waals surface area contributed by atoms with Gasteiger partial charge in [0.2, 0.25) is 0 Å². The van der Waals surface area contributed by atoms with Crippen LogP contribution in [0.5, 0.6) is 0 Å². The lowest BCUT2D eigenvalue weighted by molar-refractivity contribution is -0.138. The van der Waals surface area contributed by atoms with Crippen molar-refractivity contribution in [3.63, 3.8) is 0 Å². The lowest BCUT2D eigenvalue weighted by Gasteiger charge is -2.18. The van der Waals surface area contributed by atoms with Crippen LogP contribution in [-0.4, -0.2) is 22.2 Å². The number of aliphatic carboxylic acids is 1. The van der Waals surface area contributed by atoms with Gasteiger partial charge in [0, 0.05) is 0 Å². The molecule has 0 aliphatic carbocycles. The molecule has 0 heterocycles. The quantitative estimate of drug-likeness (QED) is 0.688. The van der Waals surface area contributed by atoms with Crippen molar-refractivity contribution in [1.29, 1.82) is 0 Å². The number of carbonyl (C=O) groups is 1. The van der Waals surface area contributed by atoms with Crippen molar-refractivity contribution >= 4 is 5.97 Å². The average Bonchev–Trinajstić information content (AvgIpc) is 1.79. The second-order valence-electron chi connectivity index (χ2n) is 4.75. The summed E-state index contributed by atoms with van der Waals surface area (Å²) in [5.41, 5.74) is -0.852. The first kappa shape index (κ1) is 12.1. The van der Waals surface area contributed by atoms with Gasteiger partial charge in [0.15, 0.2) is 0 Å². The van der Waals surface area contributed by atoms with E-state index >= 15 is 0 Å². The first-order valence-electron chi connectivity index (χ1n) is 4.28. The van der Waals surface area contributed by atoms with Gasteiger partial charge in [0.1, 0.15) is 0 Å². The Morgan fingerprint density at radius 2 is 1.62 bits per heavy atom. The van der Waals surface area contributed by atoms with Crippen LogP contribution in [0.2, 0.25) is 0 Å². The maximum absolute atomic E-state index is 10.4. The van der Waals surface area contributed by atoms with Gasteiger partial charge in [-0.2, -0.15) is 10.2 Å². The molecule has 0 amide bonds. The van der Waals surface area contributed by atoms with Crippen LogP contribution < -0.4 is 0 Å². The first-order valence-corrected chi connectivity index (χ1v) is 4.28. The van der Waals surface area contributed by atoms with E-state index in [4.69, 9.17) is 5.11 Å². The molecule has 0 aromatic carbocycles. The van der Waals surface area contributed by atoms with Crippen molar-refractivity contribution in [2.24, 2.45) is 10.2 Å². The standard InChI is InChI=1S/C9H18N2O2/c1-8(2,3)10-11-9(4,5)6-7(12)13/h6H2,1-5H3,(H,12,13). The van der Waals surface area contributed by atoms with Crippen LogP contribution in [0.15, 0.2) is 10.2 Å². The van der Waals surface area contributed by atoms with E-state index in [9.17, 15) is 4.79 Å². The van der Waals surface area contributed by atoms with Crippen molar-refractivity contribution < 1.29 is 9.90 Å². The zero-order chi connectivity index (χ0) is 10.7. The minimum absolute atomic E-state index is 0.00653. The van der Waals surface area contributed by atoms with Crippen LogP contribution in [0, 0.1) is 0 Å². The number of carboxylic acid groups (broad SMARTS) is 1. The predicted molar refractivity (Wildman–Crippen MR) is 50.9 cm³/mol. The van der Waals surface area contributed by atoms with Gasteiger partial charge in [-0.15, -0.1) is 0 Å². The molecule has 0 saturated heterocycles. The summed E-state index contributed by atoms with van der Waals surface area (Å²) in [7, 11) is 0. The molecule has 0 aliphatic rings. The fraction of sp³-hybridized carbons (Fsp3) is 0.889. The Labute approximate surface area is 79.1 Å². The Morgan fingerprint density at radius 1 is 1.15 bits per heavy atom. The van der Waals surface area contributed by atoms with Crippen LogP contribution in [0.3, 0.4) is 0 Å². The summed E-state index contributed by atoms with van der Waals surface area (Å²) in [6.45, 7) is 9.29. The fourth-order valence-electron chi connectivity index (χ4n) is 0.691. The summed E-state index contributed by atoms with van der Waals surface area (Å²) in [4.78, 5) is 10.4. The molecule has 0 radical (unpaired) electrons. The molecule has 0 aromatic heterocycles. The number of hydrogen-bond donors (Lipinski definition) is 1. The molecule has 0 aliphatic heterocycles. The van der Waals surface area contributed by atoms with E-state index in [2.05, 4.69) is 10.2 Å². The van der Waals surface area contributed by atoms with E-state index in [-0.39, 0.29) is 12.0 Å². The number of hydrogen-bond acceptors (Lipinski definition) is 3. The van der Waals surface area contributed by atoms with E-state index in [1.165, 1.54) is 0 Å². The largest absolute Gasteiger partial charge is 0.481 e. The Morgan fingerprint density at radius 3 is 1.92 bits per heavy atom. The SMILES string of the molecule is CC(C)(C)N=NC(C)(C)CC(=O)O. The van der Waals surface area contributed by atoms with Gasteiger partial charge in [-0.1, -0.05) is 0 Å². The van der Waals surface area contributed by atoms with Gasteiger partial charge in [-0.05, 0) is 34.6 Å². The minimum atomic E-state index is -0.849. The first-order chi connectivity index (χ1) is 5.62. The Hall–Kier alpha value is -0.930. The van der Waals surface area contributed by atoms with E-state index in [0.717, 1.165) is 0 Å². The van der Waals surface area contributed by atoms with Crippen molar-refractivity contribution in [2.45, 2.75) is 52.1 Å². The second-order valence-corrected chi connectivity index (χ2v) is 4.75. The molecule has 0 atom stereocenters. The lowest BCUT2D eigenvalue weighted by Crippen LogP contribution is -2.22. The Balaban J connectivity index is 4.33. The van der Waals surface area contributed by atoms with Crippen LogP contribution in [0.1, 0.15) is 41.0 Å². The highest BCUT2D eigenvalue weighted by molar-refractivity contribution is 5.68. The van der Waals surface area contributed by atoms with Gasteiger partial charge in [-0.3, -0.25) is 4.79 Å². The van der Waals surface area contributed by atoms with E-state index in [0.29, 0.717) is 0 Å². The summed E-state index contributed by atoms with van der Waals surface area (Å²) in [6, 6.07) is 0. The van der Waals surface area contributed by atoms with Crippen molar-refractivity contribution in [1.82, 2.24) is 0 Å². The number of rotatable bonds is 3. The van der Waals surface area contributed by atoms with Crippen molar-refractivity contribution in [2.75, 3.05) is 0 Å². The molecular formula is C9H18N2O2. The van der Waals surface area contributed by atoms with Gasteiger partial charge in [-0.25, -0.2) is 0 Å². The van der Waals surface area contributed by atoms with E-state index in [1.807, 2.05) is 20.8 Å². The molecule has 0 bridgehead atoms. The summed E-state index contributed by atoms with van der Waals surface area (Å²) in [5.74, 6) is -0.849. The Bertz CT molecular complexity index is 214. The maximum atomic E-state index is 10.4. The monoisotopic (exact) mass is 186 g/mol. The van der Waals surface area contributed by atoms with Gasteiger partial charge in [0.25, 0.3) is 0 Å². The Kier molecular flexibility index (Phi) is 3.58. The zero-order valence-corrected chi connectivity index (χ0v) is 8.96. The van der Waals surface area contributed by atoms with E-state index < -0.39 is 11.5 Å². The highest BCUT2D eigenvalue weighted by atomic mass is 16.4. The van der Waals surface area contributed by atoms with Crippen molar-refractivity contribution in [3.8, 4) is 0 Å². The predicted octanol–water partition coefficient (Wildman–Crippen LogP) is 2.49. The third-order valence-corrected chi connectivity index (χ3v) is 1.20. The highest BCUT2D eigenvalue weighted by Gasteiger charge is 2.22. The van der Waals surface area contributed by atoms with Gasteiger partial charge in [0.05, 0.1) is 17.5 Å². The minimum Gasteiger partial charge on any atom is -0.481 e. The summed E-state index contributed by atoms with van der Waals surface area (Å²) >= 11 is 0. The fourth-order valence-corrected chi connectivity index (χ4v) is 0.691. The van der Waals surface area contributed by atoms with Crippen LogP contribution in [-0.2, 0) is 4.79 Å². The summed E-state index contributed by atoms with van der Waals surface area (Å²) < 4.78 is 0. The maximum Gasteiger partial charge on any atom is 0.305 e. The van der Waals surface area contributed by atoms with Crippen LogP contribution in [0.25, 0.3) is 0 Å². The molecule has 0 spiro atoms. The molecule has 4 nitrogen and oxygen atoms in total. The molecule has 0 aromatic rings. The topological polar surface area (TPSA) is 62.0 Å². The van der Waals surface area contributed by atoms with Gasteiger partial charge >= 0.3 is 5.97 Å². The van der Waals surface area contributed by atoms with E-state index in [1.54, 1.807) is 13.8 Å². The average molecular weight is 186 g/mol. The highest BCUT2D eigenvalue weighted by Crippen LogP contribution is 2.18. The molecule has 4 heteroatoms. The molecule has 1 N–H and O–H groups in total. The molecule has 0 unspecified atom stereocenters. The number of nitrogens with zero attached hydrogens (tertiary/aromatic N) is 2. The number of azo groups is 1. The van der Waals surface area contributed by atoms with Gasteiger partial charge < -0.3 is 5.11 Å². The summed E-state index contributed by atoms with van der Waals surface area (Å²) in [5, 5.41) is 16.6. The third kappa shape index (κ3) is 7.43. The molecule has 0 rings (SSSR count). The molecule has 13 heavy (non-hydrogen) atoms. The second kappa shape index (κ2) is 3.85. The molecular weight excluding hydrogens is 168 g/mol. The van der Waals surface area contributed by atoms with Crippen LogP contribution in [0.4, 0.5) is 0 Å². The zero-order valence-electron chi connectivity index (χ0n) is 8.96. The smallest absolute Gasteiger partial charge is 0.305 e. The lowest BCUT2D eigenvalue weighted by atomic mass is 10.0. The number of carboxylic acids is 1. The summed E-state index contributed by atoms with van der Waals surface area (Å²) in [6.07, 6.45) is 0.00653. The van der Waals surface area contributed by atoms with Crippen LogP contribution >= 0.6 is 0 Å². The molecule has 0 fully saturated rings. The van der Waals surface area contributed by atoms with Crippen molar-refractivity contribution in [3.05, 3.63) is 0 Å². The molecule has 76 valence electrons.